The lowest BCUT2D eigenvalue weighted by Crippen LogP contribution is -2.25. The molecule has 0 aliphatic heterocycles. The summed E-state index contributed by atoms with van der Waals surface area (Å²) >= 11 is 0. The minimum atomic E-state index is -1.24. The molecule has 30 heavy (non-hydrogen) atoms. The Morgan fingerprint density at radius 2 is 1.07 bits per heavy atom. The number of primary amides is 2. The Kier molecular flexibility index (Phi) is 4.43. The number of amides is 2. The Morgan fingerprint density at radius 1 is 0.667 bits per heavy atom. The average molecular weight is 406 g/mol. The highest BCUT2D eigenvalue weighted by Gasteiger charge is 2.22. The molecule has 4 aromatic rings. The fraction of sp³-hybridized carbons (Fsp3) is 0. The van der Waals surface area contributed by atoms with E-state index in [1.54, 1.807) is 0 Å². The standard InChI is InChI=1S/C20H14N4O6/c21-17(25)9-1-3-11-13(5-9)23-7-15(11)29-19(27)20(28)30-16-8-24-14-6-10(18(22)26)2-4-12(14)16/h1-8,23-24H,(H2,21,25)(H2,22,26). The molecular formula is C20H14N4O6. The summed E-state index contributed by atoms with van der Waals surface area (Å²) in [7, 11) is 0. The van der Waals surface area contributed by atoms with Crippen LogP contribution in [0.4, 0.5) is 0 Å². The number of carbonyl (C=O) groups is 4. The Bertz CT molecular complexity index is 1250. The summed E-state index contributed by atoms with van der Waals surface area (Å²) in [5, 5.41) is 0.958. The van der Waals surface area contributed by atoms with E-state index in [4.69, 9.17) is 20.9 Å². The molecule has 0 atom stereocenters. The van der Waals surface area contributed by atoms with Crippen LogP contribution in [0.1, 0.15) is 20.7 Å². The number of nitrogens with one attached hydrogen (secondary N) is 2. The Labute approximate surface area is 167 Å². The van der Waals surface area contributed by atoms with Gasteiger partial charge in [0, 0.05) is 34.3 Å². The molecular weight excluding hydrogens is 392 g/mol. The van der Waals surface area contributed by atoms with E-state index in [2.05, 4.69) is 9.97 Å². The van der Waals surface area contributed by atoms with Gasteiger partial charge in [-0.3, -0.25) is 9.59 Å². The van der Waals surface area contributed by atoms with Gasteiger partial charge >= 0.3 is 11.9 Å². The largest absolute Gasteiger partial charge is 0.423 e. The maximum Gasteiger partial charge on any atom is 0.423 e. The van der Waals surface area contributed by atoms with Crippen molar-refractivity contribution in [1.82, 2.24) is 9.97 Å². The second kappa shape index (κ2) is 7.09. The first-order valence-electron chi connectivity index (χ1n) is 8.59. The molecule has 2 heterocycles. The van der Waals surface area contributed by atoms with Gasteiger partial charge < -0.3 is 30.9 Å². The molecule has 0 aliphatic rings. The van der Waals surface area contributed by atoms with Gasteiger partial charge in [0.05, 0.1) is 11.0 Å². The monoisotopic (exact) mass is 406 g/mol. The third kappa shape index (κ3) is 3.33. The Morgan fingerprint density at radius 3 is 1.43 bits per heavy atom. The summed E-state index contributed by atoms with van der Waals surface area (Å²) in [6.07, 6.45) is 2.75. The highest BCUT2D eigenvalue weighted by Crippen LogP contribution is 2.28. The molecule has 150 valence electrons. The summed E-state index contributed by atoms with van der Waals surface area (Å²) in [5.74, 6) is -3.50. The van der Waals surface area contributed by atoms with Gasteiger partial charge in [0.2, 0.25) is 11.8 Å². The van der Waals surface area contributed by atoms with E-state index in [9.17, 15) is 19.2 Å². The zero-order chi connectivity index (χ0) is 21.4. The van der Waals surface area contributed by atoms with Crippen LogP contribution in [0.15, 0.2) is 48.8 Å². The van der Waals surface area contributed by atoms with Crippen LogP contribution in [0.25, 0.3) is 21.8 Å². The number of benzene rings is 2. The van der Waals surface area contributed by atoms with Gasteiger partial charge in [0.1, 0.15) is 0 Å². The highest BCUT2D eigenvalue weighted by molar-refractivity contribution is 6.31. The van der Waals surface area contributed by atoms with Crippen LogP contribution in [-0.2, 0) is 9.59 Å². The number of rotatable bonds is 4. The topological polar surface area (TPSA) is 170 Å². The van der Waals surface area contributed by atoms with Crippen molar-refractivity contribution in [2.75, 3.05) is 0 Å². The van der Waals surface area contributed by atoms with Crippen molar-refractivity contribution in [3.05, 3.63) is 59.9 Å². The van der Waals surface area contributed by atoms with E-state index in [0.29, 0.717) is 21.8 Å². The maximum absolute atomic E-state index is 12.2. The molecule has 0 spiro atoms. The second-order valence-corrected chi connectivity index (χ2v) is 6.33. The van der Waals surface area contributed by atoms with Crippen LogP contribution in [-0.4, -0.2) is 33.7 Å². The van der Waals surface area contributed by atoms with Crippen LogP contribution in [0.2, 0.25) is 0 Å². The second-order valence-electron chi connectivity index (χ2n) is 6.33. The third-order valence-electron chi connectivity index (χ3n) is 4.43. The molecule has 0 aliphatic carbocycles. The number of carbonyl (C=O) groups excluding carboxylic acids is 4. The SMILES string of the molecule is NC(=O)c1ccc2c(OC(=O)C(=O)Oc3c[nH]c4cc(C(N)=O)ccc34)c[nH]c2c1. The van der Waals surface area contributed by atoms with E-state index in [1.165, 1.54) is 48.8 Å². The summed E-state index contributed by atoms with van der Waals surface area (Å²) in [4.78, 5) is 52.5. The number of ether oxygens (including phenoxy) is 2. The number of H-pyrrole nitrogens is 2. The maximum atomic E-state index is 12.2. The lowest BCUT2D eigenvalue weighted by Gasteiger charge is -2.04. The number of aromatic amines is 2. The molecule has 10 heteroatoms. The third-order valence-corrected chi connectivity index (χ3v) is 4.43. The molecule has 2 aromatic heterocycles. The lowest BCUT2D eigenvalue weighted by molar-refractivity contribution is -0.156. The predicted octanol–water partition coefficient (Wildman–Crippen LogP) is 1.36. The van der Waals surface area contributed by atoms with Crippen LogP contribution in [0.3, 0.4) is 0 Å². The summed E-state index contributed by atoms with van der Waals surface area (Å²) in [5.41, 5.74) is 12.0. The number of aromatic nitrogens is 2. The molecule has 0 unspecified atom stereocenters. The molecule has 0 radical (unpaired) electrons. The zero-order valence-electron chi connectivity index (χ0n) is 15.2. The van der Waals surface area contributed by atoms with Crippen LogP contribution >= 0.6 is 0 Å². The zero-order valence-corrected chi connectivity index (χ0v) is 15.2. The Hall–Kier alpha value is -4.60. The first-order valence-corrected chi connectivity index (χ1v) is 8.59. The highest BCUT2D eigenvalue weighted by atomic mass is 16.6. The first-order chi connectivity index (χ1) is 14.3. The van der Waals surface area contributed by atoms with Crippen molar-refractivity contribution in [3.8, 4) is 11.5 Å². The van der Waals surface area contributed by atoms with Gasteiger partial charge in [-0.2, -0.15) is 0 Å². The smallest absolute Gasteiger partial charge is 0.416 e. The van der Waals surface area contributed by atoms with Crippen LogP contribution in [0.5, 0.6) is 11.5 Å². The normalized spacial score (nSPS) is 10.8. The molecule has 0 bridgehead atoms. The summed E-state index contributed by atoms with van der Waals surface area (Å²) < 4.78 is 10.2. The first kappa shape index (κ1) is 18.7. The molecule has 6 N–H and O–H groups in total. The molecule has 4 rings (SSSR count). The van der Waals surface area contributed by atoms with Gasteiger partial charge in [-0.1, -0.05) is 0 Å². The van der Waals surface area contributed by atoms with Crippen LogP contribution in [0, 0.1) is 0 Å². The average Bonchev–Trinajstić information content (AvgIpc) is 3.31. The summed E-state index contributed by atoms with van der Waals surface area (Å²) in [6.45, 7) is 0. The van der Waals surface area contributed by atoms with Gasteiger partial charge in [0.15, 0.2) is 11.5 Å². The van der Waals surface area contributed by atoms with Crippen molar-refractivity contribution in [2.24, 2.45) is 11.5 Å². The quantitative estimate of drug-likeness (QED) is 0.294. The molecule has 10 nitrogen and oxygen atoms in total. The van der Waals surface area contributed by atoms with Crippen molar-refractivity contribution in [1.29, 1.82) is 0 Å². The molecule has 0 saturated carbocycles. The van der Waals surface area contributed by atoms with Gasteiger partial charge in [-0.25, -0.2) is 9.59 Å². The lowest BCUT2D eigenvalue weighted by atomic mass is 10.1. The van der Waals surface area contributed by atoms with E-state index in [-0.39, 0.29) is 22.6 Å². The van der Waals surface area contributed by atoms with Crippen molar-refractivity contribution < 1.29 is 28.7 Å². The number of hydrogen-bond donors (Lipinski definition) is 4. The molecule has 0 fully saturated rings. The summed E-state index contributed by atoms with van der Waals surface area (Å²) in [6, 6.07) is 9.02. The van der Waals surface area contributed by atoms with Crippen LogP contribution < -0.4 is 20.9 Å². The minimum Gasteiger partial charge on any atom is -0.416 e. The minimum absolute atomic E-state index is 0.0907. The van der Waals surface area contributed by atoms with Gasteiger partial charge in [-0.05, 0) is 36.4 Å². The van der Waals surface area contributed by atoms with E-state index in [0.717, 1.165) is 0 Å². The molecule has 0 saturated heterocycles. The van der Waals surface area contributed by atoms with Crippen molar-refractivity contribution in [3.63, 3.8) is 0 Å². The number of esters is 2. The van der Waals surface area contributed by atoms with E-state index < -0.39 is 23.8 Å². The van der Waals surface area contributed by atoms with Crippen molar-refractivity contribution >= 4 is 45.6 Å². The Balaban J connectivity index is 1.51. The van der Waals surface area contributed by atoms with Crippen molar-refractivity contribution in [2.45, 2.75) is 0 Å². The van der Waals surface area contributed by atoms with Gasteiger partial charge in [0.25, 0.3) is 0 Å². The number of nitrogens with two attached hydrogens (primary N) is 2. The van der Waals surface area contributed by atoms with E-state index in [1.807, 2.05) is 0 Å². The van der Waals surface area contributed by atoms with E-state index >= 15 is 0 Å². The fourth-order valence-corrected chi connectivity index (χ4v) is 2.96. The number of fused-ring (bicyclic) bond motifs is 2. The fourth-order valence-electron chi connectivity index (χ4n) is 2.96. The number of hydrogen-bond acceptors (Lipinski definition) is 6. The molecule has 2 amide bonds. The van der Waals surface area contributed by atoms with Gasteiger partial charge in [-0.15, -0.1) is 0 Å². The predicted molar refractivity (Wildman–Crippen MR) is 105 cm³/mol. The molecule has 2 aromatic carbocycles.